The monoisotopic (exact) mass is 548 g/mol. The van der Waals surface area contributed by atoms with Crippen LogP contribution in [-0.4, -0.2) is 76.0 Å². The maximum atomic E-state index is 13.2. The smallest absolute Gasteiger partial charge is 0.328 e. The molecule has 0 aliphatic carbocycles. The molecule has 202 valence electrons. The summed E-state index contributed by atoms with van der Waals surface area (Å²) in [5.41, 5.74) is 2.01. The van der Waals surface area contributed by atoms with Crippen LogP contribution >= 0.6 is 11.3 Å². The number of methoxy groups -OCH3 is 2. The molecule has 4 heterocycles. The van der Waals surface area contributed by atoms with Gasteiger partial charge in [-0.25, -0.2) is 19.7 Å². The second-order valence-electron chi connectivity index (χ2n) is 9.19. The SMILES string of the molecule is COC(=O)C(Cc1cnc[nH]1)NC(=O)c1csc(C2CCN(C(=O)c3cc(OC)c4ccccc4n3)CC2)n1. The third kappa shape index (κ3) is 5.75. The van der Waals surface area contributed by atoms with Crippen molar-refractivity contribution in [1.82, 2.24) is 30.2 Å². The van der Waals surface area contributed by atoms with E-state index in [9.17, 15) is 14.4 Å². The van der Waals surface area contributed by atoms with Crippen molar-refractivity contribution in [2.24, 2.45) is 0 Å². The molecule has 0 bridgehead atoms. The quantitative estimate of drug-likeness (QED) is 0.321. The fraction of sp³-hybridized carbons (Fsp3) is 0.333. The Morgan fingerprint density at radius 1 is 1.15 bits per heavy atom. The Hall–Kier alpha value is -4.32. The number of aromatic amines is 1. The zero-order valence-corrected chi connectivity index (χ0v) is 22.4. The van der Waals surface area contributed by atoms with Crippen LogP contribution in [0.4, 0.5) is 0 Å². The maximum absolute atomic E-state index is 13.2. The van der Waals surface area contributed by atoms with Crippen LogP contribution in [0.5, 0.6) is 5.75 Å². The van der Waals surface area contributed by atoms with Crippen molar-refractivity contribution in [3.8, 4) is 5.75 Å². The maximum Gasteiger partial charge on any atom is 0.328 e. The molecule has 1 aliphatic rings. The number of imidazole rings is 1. The largest absolute Gasteiger partial charge is 0.496 e. The molecule has 5 rings (SSSR count). The number of nitrogens with zero attached hydrogens (tertiary/aromatic N) is 4. The number of esters is 1. The zero-order valence-electron chi connectivity index (χ0n) is 21.5. The second kappa shape index (κ2) is 11.6. The van der Waals surface area contributed by atoms with Gasteiger partial charge in [0.05, 0.1) is 31.1 Å². The van der Waals surface area contributed by atoms with E-state index in [1.54, 1.807) is 29.7 Å². The number of para-hydroxylation sites is 1. The van der Waals surface area contributed by atoms with Crippen molar-refractivity contribution in [3.63, 3.8) is 0 Å². The third-order valence-corrected chi connectivity index (χ3v) is 7.78. The molecule has 1 aliphatic heterocycles. The molecule has 0 saturated carbocycles. The molecule has 1 atom stereocenters. The first-order chi connectivity index (χ1) is 19.0. The number of rotatable bonds is 8. The number of ether oxygens (including phenoxy) is 2. The summed E-state index contributed by atoms with van der Waals surface area (Å²) in [5.74, 6) is -0.393. The van der Waals surface area contributed by atoms with Crippen molar-refractivity contribution >= 4 is 40.0 Å². The highest BCUT2D eigenvalue weighted by atomic mass is 32.1. The first-order valence-electron chi connectivity index (χ1n) is 12.5. The number of amides is 2. The number of piperidine rings is 1. The summed E-state index contributed by atoms with van der Waals surface area (Å²) in [7, 11) is 2.86. The van der Waals surface area contributed by atoms with Gasteiger partial charge in [-0.3, -0.25) is 9.59 Å². The molecule has 2 amide bonds. The average Bonchev–Trinajstić information content (AvgIpc) is 3.68. The van der Waals surface area contributed by atoms with E-state index in [-0.39, 0.29) is 23.9 Å². The topological polar surface area (TPSA) is 139 Å². The average molecular weight is 549 g/mol. The lowest BCUT2D eigenvalue weighted by Gasteiger charge is -2.31. The number of fused-ring (bicyclic) bond motifs is 1. The van der Waals surface area contributed by atoms with Crippen molar-refractivity contribution in [3.05, 3.63) is 70.3 Å². The molecule has 1 saturated heterocycles. The number of carbonyl (C=O) groups is 3. The molecule has 12 heteroatoms. The number of carbonyl (C=O) groups excluding carboxylic acids is 3. The van der Waals surface area contributed by atoms with Gasteiger partial charge in [0.15, 0.2) is 0 Å². The highest BCUT2D eigenvalue weighted by Gasteiger charge is 2.29. The van der Waals surface area contributed by atoms with Gasteiger partial charge >= 0.3 is 5.97 Å². The first kappa shape index (κ1) is 26.3. The number of benzene rings is 1. The Morgan fingerprint density at radius 3 is 2.67 bits per heavy atom. The molecule has 11 nitrogen and oxygen atoms in total. The van der Waals surface area contributed by atoms with Crippen LogP contribution in [0.15, 0.2) is 48.2 Å². The van der Waals surface area contributed by atoms with E-state index < -0.39 is 17.9 Å². The normalized spacial score (nSPS) is 14.7. The number of thiazole rings is 1. The summed E-state index contributed by atoms with van der Waals surface area (Å²) >= 11 is 1.41. The Labute approximate surface area is 228 Å². The molecule has 1 aromatic carbocycles. The summed E-state index contributed by atoms with van der Waals surface area (Å²) in [6.07, 6.45) is 4.75. The zero-order chi connectivity index (χ0) is 27.4. The summed E-state index contributed by atoms with van der Waals surface area (Å²) < 4.78 is 10.3. The van der Waals surface area contributed by atoms with Crippen molar-refractivity contribution in [2.45, 2.75) is 31.2 Å². The van der Waals surface area contributed by atoms with E-state index in [0.29, 0.717) is 35.7 Å². The molecule has 1 unspecified atom stereocenters. The Kier molecular flexibility index (Phi) is 7.82. The second-order valence-corrected chi connectivity index (χ2v) is 10.1. The molecule has 1 fully saturated rings. The van der Waals surface area contributed by atoms with Gasteiger partial charge in [0.25, 0.3) is 11.8 Å². The molecule has 3 aromatic heterocycles. The molecule has 2 N–H and O–H groups in total. The van der Waals surface area contributed by atoms with Crippen LogP contribution in [-0.2, 0) is 16.0 Å². The van der Waals surface area contributed by atoms with Gasteiger partial charge in [-0.05, 0) is 25.0 Å². The predicted molar refractivity (Wildman–Crippen MR) is 144 cm³/mol. The Morgan fingerprint density at radius 2 is 1.95 bits per heavy atom. The lowest BCUT2D eigenvalue weighted by molar-refractivity contribution is -0.142. The summed E-state index contributed by atoms with van der Waals surface area (Å²) in [5, 5.41) is 6.10. The van der Waals surface area contributed by atoms with Crippen molar-refractivity contribution in [1.29, 1.82) is 0 Å². The van der Waals surface area contributed by atoms with E-state index in [4.69, 9.17) is 9.47 Å². The van der Waals surface area contributed by atoms with Crippen LogP contribution in [0.1, 0.15) is 50.4 Å². The predicted octanol–water partition coefficient (Wildman–Crippen LogP) is 2.96. The van der Waals surface area contributed by atoms with Crippen LogP contribution in [0, 0.1) is 0 Å². The molecule has 0 spiro atoms. The van der Waals surface area contributed by atoms with E-state index in [1.807, 2.05) is 24.3 Å². The van der Waals surface area contributed by atoms with Gasteiger partial charge in [0, 0.05) is 54.2 Å². The van der Waals surface area contributed by atoms with Crippen LogP contribution in [0.25, 0.3) is 10.9 Å². The Bertz CT molecular complexity index is 1480. The number of H-pyrrole nitrogens is 1. The van der Waals surface area contributed by atoms with Crippen molar-refractivity contribution in [2.75, 3.05) is 27.3 Å². The number of hydrogen-bond acceptors (Lipinski definition) is 9. The lowest BCUT2D eigenvalue weighted by atomic mass is 9.97. The number of nitrogens with one attached hydrogen (secondary N) is 2. The minimum absolute atomic E-state index is 0.126. The summed E-state index contributed by atoms with van der Waals surface area (Å²) in [6, 6.07) is 8.39. The number of hydrogen-bond donors (Lipinski definition) is 2. The molecule has 4 aromatic rings. The number of pyridine rings is 1. The fourth-order valence-corrected chi connectivity index (χ4v) is 5.65. The van der Waals surface area contributed by atoms with Gasteiger partial charge in [0.2, 0.25) is 0 Å². The molecule has 0 radical (unpaired) electrons. The van der Waals surface area contributed by atoms with Gasteiger partial charge in [-0.15, -0.1) is 11.3 Å². The summed E-state index contributed by atoms with van der Waals surface area (Å²) in [4.78, 5) is 56.1. The standard InChI is InChI=1S/C27H28N6O5S/c1-37-23-12-20(30-19-6-4-3-5-18(19)23)26(35)33-9-7-16(8-10-33)25-32-22(14-39-25)24(34)31-21(27(36)38-2)11-17-13-28-15-29-17/h3-6,12-16,21H,7-11H2,1-2H3,(H,28,29)(H,31,34). The lowest BCUT2D eigenvalue weighted by Crippen LogP contribution is -2.43. The summed E-state index contributed by atoms with van der Waals surface area (Å²) in [6.45, 7) is 1.10. The van der Waals surface area contributed by atoms with Crippen molar-refractivity contribution < 1.29 is 23.9 Å². The van der Waals surface area contributed by atoms with E-state index in [1.165, 1.54) is 24.8 Å². The fourth-order valence-electron chi connectivity index (χ4n) is 4.68. The van der Waals surface area contributed by atoms with Gasteiger partial charge in [-0.1, -0.05) is 12.1 Å². The Balaban J connectivity index is 1.21. The van der Waals surface area contributed by atoms with Gasteiger partial charge in [-0.2, -0.15) is 0 Å². The van der Waals surface area contributed by atoms with E-state index in [0.717, 1.165) is 23.2 Å². The first-order valence-corrected chi connectivity index (χ1v) is 13.4. The number of likely N-dealkylation sites (tertiary alicyclic amines) is 1. The van der Waals surface area contributed by atoms with Gasteiger partial charge < -0.3 is 24.7 Å². The highest BCUT2D eigenvalue weighted by Crippen LogP contribution is 2.32. The van der Waals surface area contributed by atoms with Crippen LogP contribution in [0.2, 0.25) is 0 Å². The molecule has 39 heavy (non-hydrogen) atoms. The van der Waals surface area contributed by atoms with E-state index >= 15 is 0 Å². The van der Waals surface area contributed by atoms with Crippen LogP contribution < -0.4 is 10.1 Å². The minimum Gasteiger partial charge on any atom is -0.496 e. The molecular formula is C27H28N6O5S. The number of aromatic nitrogens is 4. The van der Waals surface area contributed by atoms with E-state index in [2.05, 4.69) is 25.3 Å². The third-order valence-electron chi connectivity index (χ3n) is 6.77. The minimum atomic E-state index is -0.871. The molecular weight excluding hydrogens is 520 g/mol. The highest BCUT2D eigenvalue weighted by molar-refractivity contribution is 7.09. The van der Waals surface area contributed by atoms with Crippen LogP contribution in [0.3, 0.4) is 0 Å². The van der Waals surface area contributed by atoms with Gasteiger partial charge in [0.1, 0.15) is 23.2 Å².